The number of thiazole rings is 1. The van der Waals surface area contributed by atoms with Gasteiger partial charge in [0.15, 0.2) is 5.13 Å². The molecular formula is C28H36N4O5S2. The lowest BCUT2D eigenvalue weighted by molar-refractivity contribution is 0.0376. The first-order valence-corrected chi connectivity index (χ1v) is 15.8. The smallest absolute Gasteiger partial charge is 0.260 e. The standard InChI is InChI=1S/C28H36N4O5S2/c1-21-6-3-4-15-32(21)39(34,35)24-10-7-22(8-11-24)27(33)31(14-5-13-30-16-18-37-19-17-30)28-29-25-20-23(36-2)9-12-26(25)38-28/h7-12,20-21H,3-6,13-19H2,1-2H3. The van der Waals surface area contributed by atoms with Crippen molar-refractivity contribution in [1.82, 2.24) is 14.2 Å². The molecule has 2 aromatic carbocycles. The number of ether oxygens (including phenoxy) is 2. The van der Waals surface area contributed by atoms with Crippen molar-refractivity contribution >= 4 is 42.6 Å². The fourth-order valence-corrected chi connectivity index (χ4v) is 7.86. The maximum Gasteiger partial charge on any atom is 0.260 e. The Morgan fingerprint density at radius 1 is 1.13 bits per heavy atom. The van der Waals surface area contributed by atoms with Crippen molar-refractivity contribution in [2.75, 3.05) is 57.9 Å². The van der Waals surface area contributed by atoms with Crippen molar-refractivity contribution in [2.24, 2.45) is 0 Å². The van der Waals surface area contributed by atoms with Gasteiger partial charge in [0.2, 0.25) is 10.0 Å². The summed E-state index contributed by atoms with van der Waals surface area (Å²) in [6, 6.07) is 12.0. The highest BCUT2D eigenvalue weighted by Gasteiger charge is 2.31. The Balaban J connectivity index is 1.38. The Bertz CT molecular complexity index is 1390. The van der Waals surface area contributed by atoms with Gasteiger partial charge in [0, 0.05) is 50.4 Å². The molecular weight excluding hydrogens is 536 g/mol. The number of anilines is 1. The van der Waals surface area contributed by atoms with Crippen molar-refractivity contribution in [3.05, 3.63) is 48.0 Å². The summed E-state index contributed by atoms with van der Waals surface area (Å²) >= 11 is 1.46. The summed E-state index contributed by atoms with van der Waals surface area (Å²) in [6.07, 6.45) is 3.56. The van der Waals surface area contributed by atoms with Crippen molar-refractivity contribution < 1.29 is 22.7 Å². The SMILES string of the molecule is COc1ccc2sc(N(CCCN3CCOCC3)C(=O)c3ccc(S(=O)(=O)N4CCCCC4C)cc3)nc2c1. The zero-order valence-corrected chi connectivity index (χ0v) is 24.2. The Labute approximate surface area is 234 Å². The lowest BCUT2D eigenvalue weighted by atomic mass is 10.1. The number of benzene rings is 2. The largest absolute Gasteiger partial charge is 0.497 e. The number of carbonyl (C=O) groups excluding carboxylic acids is 1. The quantitative estimate of drug-likeness (QED) is 0.379. The van der Waals surface area contributed by atoms with Gasteiger partial charge in [0.05, 0.1) is 35.4 Å². The zero-order valence-electron chi connectivity index (χ0n) is 22.5. The molecule has 5 rings (SSSR count). The lowest BCUT2D eigenvalue weighted by Crippen LogP contribution is -2.41. The van der Waals surface area contributed by atoms with Crippen molar-refractivity contribution in [3.8, 4) is 5.75 Å². The molecule has 2 aliphatic rings. The van der Waals surface area contributed by atoms with Crippen LogP contribution in [-0.4, -0.2) is 87.6 Å². The van der Waals surface area contributed by atoms with Crippen LogP contribution in [0, 0.1) is 0 Å². The number of aromatic nitrogens is 1. The summed E-state index contributed by atoms with van der Waals surface area (Å²) in [5.74, 6) is 0.516. The van der Waals surface area contributed by atoms with Gasteiger partial charge in [0.1, 0.15) is 5.75 Å². The van der Waals surface area contributed by atoms with E-state index in [4.69, 9.17) is 14.5 Å². The van der Waals surface area contributed by atoms with Crippen LogP contribution < -0.4 is 9.64 Å². The zero-order chi connectivity index (χ0) is 27.4. The molecule has 0 N–H and O–H groups in total. The van der Waals surface area contributed by atoms with Crippen LogP contribution in [0.2, 0.25) is 0 Å². The molecule has 1 amide bonds. The van der Waals surface area contributed by atoms with E-state index < -0.39 is 10.0 Å². The summed E-state index contributed by atoms with van der Waals surface area (Å²) in [4.78, 5) is 22.9. The molecule has 1 atom stereocenters. The van der Waals surface area contributed by atoms with Crippen LogP contribution in [-0.2, 0) is 14.8 Å². The van der Waals surface area contributed by atoms with Gasteiger partial charge in [-0.05, 0) is 62.6 Å². The monoisotopic (exact) mass is 572 g/mol. The van der Waals surface area contributed by atoms with Crippen LogP contribution in [0.25, 0.3) is 10.2 Å². The highest BCUT2D eigenvalue weighted by Crippen LogP contribution is 2.32. The summed E-state index contributed by atoms with van der Waals surface area (Å²) in [5.41, 5.74) is 1.21. The lowest BCUT2D eigenvalue weighted by Gasteiger charge is -2.32. The molecule has 0 bridgehead atoms. The number of hydrogen-bond donors (Lipinski definition) is 0. The van der Waals surface area contributed by atoms with Crippen LogP contribution in [0.1, 0.15) is 43.0 Å². The van der Waals surface area contributed by atoms with Crippen LogP contribution in [0.4, 0.5) is 5.13 Å². The van der Waals surface area contributed by atoms with Crippen LogP contribution >= 0.6 is 11.3 Å². The Hall–Kier alpha value is -2.57. The van der Waals surface area contributed by atoms with Gasteiger partial charge >= 0.3 is 0 Å². The fraction of sp³-hybridized carbons (Fsp3) is 0.500. The predicted molar refractivity (Wildman–Crippen MR) is 153 cm³/mol. The predicted octanol–water partition coefficient (Wildman–Crippen LogP) is 4.24. The number of sulfonamides is 1. The van der Waals surface area contributed by atoms with E-state index in [1.54, 1.807) is 40.6 Å². The van der Waals surface area contributed by atoms with Crippen molar-refractivity contribution in [2.45, 2.75) is 43.5 Å². The highest BCUT2D eigenvalue weighted by atomic mass is 32.2. The molecule has 2 fully saturated rings. The van der Waals surface area contributed by atoms with E-state index in [2.05, 4.69) is 4.90 Å². The van der Waals surface area contributed by atoms with Gasteiger partial charge in [-0.2, -0.15) is 4.31 Å². The molecule has 3 aromatic rings. The Morgan fingerprint density at radius 2 is 1.90 bits per heavy atom. The fourth-order valence-electron chi connectivity index (χ4n) is 5.19. The molecule has 0 saturated carbocycles. The minimum atomic E-state index is -3.61. The van der Waals surface area contributed by atoms with Crippen LogP contribution in [0.5, 0.6) is 5.75 Å². The molecule has 0 spiro atoms. The van der Waals surface area contributed by atoms with Crippen LogP contribution in [0.15, 0.2) is 47.4 Å². The first-order valence-electron chi connectivity index (χ1n) is 13.6. The second-order valence-electron chi connectivity index (χ2n) is 10.1. The van der Waals surface area contributed by atoms with Crippen molar-refractivity contribution in [3.63, 3.8) is 0 Å². The summed E-state index contributed by atoms with van der Waals surface area (Å²) in [6.45, 7) is 7.08. The molecule has 0 radical (unpaired) electrons. The van der Waals surface area contributed by atoms with E-state index in [9.17, 15) is 13.2 Å². The summed E-state index contributed by atoms with van der Waals surface area (Å²) in [5, 5.41) is 0.615. The molecule has 210 valence electrons. The van der Waals surface area contributed by atoms with E-state index in [0.29, 0.717) is 29.5 Å². The number of carbonyl (C=O) groups is 1. The molecule has 3 heterocycles. The number of methoxy groups -OCH3 is 1. The average molecular weight is 573 g/mol. The third-order valence-corrected chi connectivity index (χ3v) is 10.6. The number of rotatable bonds is 9. The first kappa shape index (κ1) is 28.0. The topological polar surface area (TPSA) is 92.3 Å². The first-order chi connectivity index (χ1) is 18.9. The average Bonchev–Trinajstić information content (AvgIpc) is 3.38. The molecule has 39 heavy (non-hydrogen) atoms. The molecule has 1 unspecified atom stereocenters. The van der Waals surface area contributed by atoms with Gasteiger partial charge in [-0.1, -0.05) is 17.8 Å². The highest BCUT2D eigenvalue weighted by molar-refractivity contribution is 7.89. The number of morpholine rings is 1. The molecule has 11 heteroatoms. The molecule has 0 aliphatic carbocycles. The molecule has 1 aromatic heterocycles. The van der Waals surface area contributed by atoms with E-state index in [0.717, 1.165) is 68.7 Å². The number of hydrogen-bond acceptors (Lipinski definition) is 8. The third kappa shape index (κ3) is 6.28. The van der Waals surface area contributed by atoms with Gasteiger partial charge in [-0.25, -0.2) is 13.4 Å². The van der Waals surface area contributed by atoms with E-state index >= 15 is 0 Å². The minimum Gasteiger partial charge on any atom is -0.497 e. The number of amides is 1. The minimum absolute atomic E-state index is 0.0234. The number of piperidine rings is 1. The number of nitrogens with zero attached hydrogens (tertiary/aromatic N) is 4. The summed E-state index contributed by atoms with van der Waals surface area (Å²) < 4.78 is 39.9. The molecule has 2 aliphatic heterocycles. The Morgan fingerprint density at radius 3 is 2.62 bits per heavy atom. The van der Waals surface area contributed by atoms with E-state index in [-0.39, 0.29) is 16.8 Å². The number of fused-ring (bicyclic) bond motifs is 1. The van der Waals surface area contributed by atoms with Gasteiger partial charge in [-0.3, -0.25) is 14.6 Å². The molecule has 2 saturated heterocycles. The maximum absolute atomic E-state index is 13.8. The summed E-state index contributed by atoms with van der Waals surface area (Å²) in [7, 11) is -1.99. The Kier molecular flexibility index (Phi) is 8.82. The maximum atomic E-state index is 13.8. The molecule has 9 nitrogen and oxygen atoms in total. The van der Waals surface area contributed by atoms with E-state index in [1.165, 1.54) is 11.3 Å². The van der Waals surface area contributed by atoms with Gasteiger partial charge in [0.25, 0.3) is 5.91 Å². The van der Waals surface area contributed by atoms with E-state index in [1.807, 2.05) is 25.1 Å². The van der Waals surface area contributed by atoms with Crippen LogP contribution in [0.3, 0.4) is 0 Å². The second kappa shape index (κ2) is 12.3. The normalized spacial score (nSPS) is 19.3. The van der Waals surface area contributed by atoms with Gasteiger partial charge in [-0.15, -0.1) is 0 Å². The third-order valence-electron chi connectivity index (χ3n) is 7.47. The van der Waals surface area contributed by atoms with Gasteiger partial charge < -0.3 is 9.47 Å². The second-order valence-corrected chi connectivity index (χ2v) is 13.0. The van der Waals surface area contributed by atoms with Crippen molar-refractivity contribution in [1.29, 1.82) is 0 Å².